The van der Waals surface area contributed by atoms with E-state index in [1.54, 1.807) is 0 Å². The molecular formula is C21H21F5N3O5+. The Balaban J connectivity index is 2.08. The normalized spacial score (nSPS) is 24.6. The van der Waals surface area contributed by atoms with Crippen LogP contribution in [0.2, 0.25) is 0 Å². The average molecular weight is 490 g/mol. The second kappa shape index (κ2) is 8.70. The molecule has 1 aliphatic heterocycles. The van der Waals surface area contributed by atoms with Gasteiger partial charge in [0.05, 0.1) is 12.8 Å². The largest absolute Gasteiger partial charge is 0.493 e. The number of carbonyl (C=O) groups is 2. The standard InChI is InChI=1S/C21H20F5N3O5/c1-9-14(11-4-5-12(22)15(23)16(11)33-3)17(34-20(9,2)21(24,25)26)19(31)28-10-6-7-29(32)13(8-10)18(27)30/h4-9,14,17,32H,1-3H3,(H2,27,30)/p+1/t9-,14+,17+,20-/m1/s1. The monoisotopic (exact) mass is 490 g/mol. The van der Waals surface area contributed by atoms with Gasteiger partial charge in [-0.15, -0.1) is 0 Å². The van der Waals surface area contributed by atoms with Gasteiger partial charge >= 0.3 is 17.8 Å². The molecule has 0 saturated carbocycles. The van der Waals surface area contributed by atoms with E-state index < -0.39 is 64.6 Å². The molecule has 3 rings (SSSR count). The number of rotatable bonds is 5. The molecule has 1 aromatic carbocycles. The van der Waals surface area contributed by atoms with E-state index in [-0.39, 0.29) is 11.3 Å². The molecule has 0 radical (unpaired) electrons. The Labute approximate surface area is 190 Å². The molecule has 4 atom stereocenters. The first-order valence-corrected chi connectivity index (χ1v) is 9.85. The quantitative estimate of drug-likeness (QED) is 0.339. The van der Waals surface area contributed by atoms with Crippen molar-refractivity contribution in [3.8, 4) is 5.75 Å². The predicted octanol–water partition coefficient (Wildman–Crippen LogP) is 2.68. The first-order valence-electron chi connectivity index (χ1n) is 9.85. The molecule has 2 amide bonds. The Bertz CT molecular complexity index is 1140. The molecule has 8 nitrogen and oxygen atoms in total. The first kappa shape index (κ1) is 25.1. The molecule has 1 aliphatic rings. The average Bonchev–Trinajstić information content (AvgIpc) is 3.03. The third-order valence-electron chi connectivity index (χ3n) is 6.02. The molecule has 13 heteroatoms. The van der Waals surface area contributed by atoms with Gasteiger partial charge in [0.25, 0.3) is 5.91 Å². The van der Waals surface area contributed by atoms with Crippen LogP contribution in [0.1, 0.15) is 35.8 Å². The van der Waals surface area contributed by atoms with Gasteiger partial charge in [0.1, 0.15) is 6.10 Å². The van der Waals surface area contributed by atoms with E-state index >= 15 is 0 Å². The summed E-state index contributed by atoms with van der Waals surface area (Å²) in [6, 6.07) is 3.90. The van der Waals surface area contributed by atoms with E-state index in [1.165, 1.54) is 6.92 Å². The lowest BCUT2D eigenvalue weighted by Crippen LogP contribution is -2.47. The summed E-state index contributed by atoms with van der Waals surface area (Å²) >= 11 is 0. The van der Waals surface area contributed by atoms with E-state index in [1.807, 2.05) is 0 Å². The minimum absolute atomic E-state index is 0.0861. The maximum atomic E-state index is 14.4. The van der Waals surface area contributed by atoms with E-state index in [4.69, 9.17) is 15.2 Å². The second-order valence-electron chi connectivity index (χ2n) is 7.94. The number of amides is 2. The fourth-order valence-electron chi connectivity index (χ4n) is 4.01. The highest BCUT2D eigenvalue weighted by atomic mass is 19.4. The Morgan fingerprint density at radius 3 is 2.47 bits per heavy atom. The molecule has 0 aliphatic carbocycles. The fourth-order valence-corrected chi connectivity index (χ4v) is 4.01. The van der Waals surface area contributed by atoms with Crippen molar-refractivity contribution in [2.24, 2.45) is 11.7 Å². The molecule has 0 bridgehead atoms. The summed E-state index contributed by atoms with van der Waals surface area (Å²) in [7, 11) is 1.01. The zero-order valence-electron chi connectivity index (χ0n) is 18.1. The molecule has 2 heterocycles. The number of primary amides is 1. The summed E-state index contributed by atoms with van der Waals surface area (Å²) in [5.74, 6) is -8.30. The number of pyridine rings is 1. The fraction of sp³-hybridized carbons (Fsp3) is 0.381. The van der Waals surface area contributed by atoms with Gasteiger partial charge in [-0.2, -0.15) is 17.6 Å². The van der Waals surface area contributed by atoms with Crippen LogP contribution in [0.5, 0.6) is 5.75 Å². The lowest BCUT2D eigenvalue weighted by atomic mass is 9.77. The predicted molar refractivity (Wildman–Crippen MR) is 105 cm³/mol. The van der Waals surface area contributed by atoms with Crippen LogP contribution in [0.3, 0.4) is 0 Å². The van der Waals surface area contributed by atoms with Gasteiger partial charge in [-0.05, 0) is 13.0 Å². The number of hydrogen-bond donors (Lipinski definition) is 3. The molecule has 0 unspecified atom stereocenters. The molecule has 1 saturated heterocycles. The van der Waals surface area contributed by atoms with Gasteiger partial charge in [0, 0.05) is 34.3 Å². The number of halogens is 5. The Morgan fingerprint density at radius 2 is 1.91 bits per heavy atom. The van der Waals surface area contributed by atoms with Crippen molar-refractivity contribution in [3.63, 3.8) is 0 Å². The Morgan fingerprint density at radius 1 is 1.26 bits per heavy atom. The molecule has 1 fully saturated rings. The number of methoxy groups -OCH3 is 1. The lowest BCUT2D eigenvalue weighted by Gasteiger charge is -2.32. The van der Waals surface area contributed by atoms with E-state index in [0.717, 1.165) is 38.4 Å². The number of nitrogens with one attached hydrogen (secondary N) is 1. The zero-order chi connectivity index (χ0) is 25.6. The molecule has 34 heavy (non-hydrogen) atoms. The molecular weight excluding hydrogens is 469 g/mol. The third kappa shape index (κ3) is 4.11. The van der Waals surface area contributed by atoms with Gasteiger partial charge < -0.3 is 20.5 Å². The molecule has 0 spiro atoms. The smallest absolute Gasteiger partial charge is 0.417 e. The van der Waals surface area contributed by atoms with E-state index in [0.29, 0.717) is 10.8 Å². The number of carbonyl (C=O) groups excluding carboxylic acids is 2. The minimum atomic E-state index is -4.92. The van der Waals surface area contributed by atoms with Crippen molar-refractivity contribution in [3.05, 3.63) is 53.4 Å². The maximum absolute atomic E-state index is 14.4. The van der Waals surface area contributed by atoms with Gasteiger partial charge in [-0.1, -0.05) is 13.0 Å². The zero-order valence-corrected chi connectivity index (χ0v) is 18.1. The highest BCUT2D eigenvalue weighted by molar-refractivity contribution is 5.97. The van der Waals surface area contributed by atoms with Crippen LogP contribution in [0.4, 0.5) is 27.6 Å². The van der Waals surface area contributed by atoms with Crippen molar-refractivity contribution in [2.45, 2.75) is 37.6 Å². The highest BCUT2D eigenvalue weighted by Crippen LogP contribution is 2.54. The Hall–Kier alpha value is -3.48. The first-order chi connectivity index (χ1) is 15.7. The van der Waals surface area contributed by atoms with Crippen LogP contribution >= 0.6 is 0 Å². The van der Waals surface area contributed by atoms with Crippen LogP contribution in [-0.4, -0.2) is 42.0 Å². The van der Waals surface area contributed by atoms with Gasteiger partial charge in [0.2, 0.25) is 12.0 Å². The molecule has 4 N–H and O–H groups in total. The number of aromatic nitrogens is 1. The summed E-state index contributed by atoms with van der Waals surface area (Å²) in [6.07, 6.45) is -5.76. The van der Waals surface area contributed by atoms with Crippen LogP contribution < -0.4 is 20.5 Å². The van der Waals surface area contributed by atoms with Gasteiger partial charge in [-0.3, -0.25) is 14.8 Å². The third-order valence-corrected chi connectivity index (χ3v) is 6.02. The van der Waals surface area contributed by atoms with Crippen LogP contribution in [-0.2, 0) is 9.53 Å². The number of ether oxygens (including phenoxy) is 2. The summed E-state index contributed by atoms with van der Waals surface area (Å²) in [6.45, 7) is 1.93. The summed E-state index contributed by atoms with van der Waals surface area (Å²) < 4.78 is 80.5. The number of anilines is 1. The number of alkyl halides is 3. The van der Waals surface area contributed by atoms with E-state index in [9.17, 15) is 36.7 Å². The summed E-state index contributed by atoms with van der Waals surface area (Å²) in [4.78, 5) is 24.5. The van der Waals surface area contributed by atoms with E-state index in [2.05, 4.69) is 5.32 Å². The van der Waals surface area contributed by atoms with Crippen molar-refractivity contribution in [2.75, 3.05) is 12.4 Å². The summed E-state index contributed by atoms with van der Waals surface area (Å²) in [5.41, 5.74) is 1.61. The minimum Gasteiger partial charge on any atom is -0.493 e. The van der Waals surface area contributed by atoms with Gasteiger partial charge in [-0.25, -0.2) is 4.39 Å². The van der Waals surface area contributed by atoms with Gasteiger partial charge in [0.15, 0.2) is 17.2 Å². The SMILES string of the molecule is COc1c([C@H]2[C@@H](C(=O)Nc3cc[n+](O)c(C(N)=O)c3)O[C@@](C)(C(F)(F)F)[C@@H]2C)ccc(F)c1F. The second-order valence-corrected chi connectivity index (χ2v) is 7.94. The van der Waals surface area contributed by atoms with Crippen molar-refractivity contribution in [1.82, 2.24) is 0 Å². The number of nitrogens with zero attached hydrogens (tertiary/aromatic N) is 1. The van der Waals surface area contributed by atoms with Crippen LogP contribution in [0, 0.1) is 17.6 Å². The number of benzene rings is 1. The van der Waals surface area contributed by atoms with Crippen molar-refractivity contribution >= 4 is 17.5 Å². The highest BCUT2D eigenvalue weighted by Gasteiger charge is 2.65. The number of nitrogens with two attached hydrogens (primary N) is 1. The lowest BCUT2D eigenvalue weighted by molar-refractivity contribution is -0.905. The molecule has 1 aromatic heterocycles. The number of hydrogen-bond acceptors (Lipinski definition) is 5. The van der Waals surface area contributed by atoms with Crippen molar-refractivity contribution in [1.29, 1.82) is 0 Å². The molecule has 184 valence electrons. The van der Waals surface area contributed by atoms with Crippen molar-refractivity contribution < 1.29 is 51.0 Å². The Kier molecular flexibility index (Phi) is 6.44. The van der Waals surface area contributed by atoms with Crippen LogP contribution in [0.15, 0.2) is 30.5 Å². The summed E-state index contributed by atoms with van der Waals surface area (Å²) in [5, 5.41) is 11.9. The molecule has 2 aromatic rings. The topological polar surface area (TPSA) is 115 Å². The maximum Gasteiger partial charge on any atom is 0.417 e. The van der Waals surface area contributed by atoms with Crippen LogP contribution in [0.25, 0.3) is 0 Å².